The number of hydrogen-bond acceptors (Lipinski definition) is 8. The minimum absolute atomic E-state index is 0.273. The van der Waals surface area contributed by atoms with Crippen molar-refractivity contribution in [3.05, 3.63) is 54.4 Å². The largest absolute Gasteiger partial charge is 0.378 e. The maximum absolute atomic E-state index is 12.2. The lowest BCUT2D eigenvalue weighted by atomic mass is 10.1. The number of nitrogens with zero attached hydrogens (tertiary/aromatic N) is 6. The Hall–Kier alpha value is -3.72. The van der Waals surface area contributed by atoms with Gasteiger partial charge in [0.05, 0.1) is 24.9 Å². The Morgan fingerprint density at radius 2 is 1.95 bits per heavy atom. The predicted octanol–water partition coefficient (Wildman–Crippen LogP) is 3.63. The summed E-state index contributed by atoms with van der Waals surface area (Å²) in [5.74, 6) is 1.79. The van der Waals surface area contributed by atoms with Crippen LogP contribution in [0.3, 0.4) is 0 Å². The van der Waals surface area contributed by atoms with Crippen molar-refractivity contribution in [2.75, 3.05) is 54.5 Å². The molecule has 3 aliphatic heterocycles. The normalized spacial score (nSPS) is 21.0. The first-order chi connectivity index (χ1) is 18.1. The number of anilines is 4. The summed E-state index contributed by atoms with van der Waals surface area (Å²) >= 11 is 0. The summed E-state index contributed by atoms with van der Waals surface area (Å²) in [6.07, 6.45) is 5.29. The summed E-state index contributed by atoms with van der Waals surface area (Å²) in [6, 6.07) is 13.1. The topological polar surface area (TPSA) is 86.7 Å². The maximum Gasteiger partial charge on any atom is 0.227 e. The molecular weight excluding hydrogens is 466 g/mol. The molecule has 6 rings (SSSR count). The first-order valence-electron chi connectivity index (χ1n) is 13.1. The lowest BCUT2D eigenvalue weighted by molar-refractivity contribution is -0.131. The molecule has 1 aromatic carbocycles. The Bertz CT molecular complexity index is 1280. The van der Waals surface area contributed by atoms with Crippen molar-refractivity contribution in [1.29, 1.82) is 0 Å². The molecule has 2 bridgehead atoms. The van der Waals surface area contributed by atoms with Crippen LogP contribution in [0.4, 0.5) is 23.1 Å². The number of amides is 1. The standard InChI is InChI=1S/C28H33N7O2/c1-3-27(36)35-18-22-15-23(35)17-34(22)25-6-5-21(14-19(25)2)31-28-29-9-8-24(32-28)20-4-7-26(30-16-20)33-10-12-37-13-11-33/h4-9,14,16,22-23H,3,10-13,15,17-18H2,1-2H3,(H,29,31,32)/t22-,23-/m0/s1. The molecule has 3 saturated heterocycles. The van der Waals surface area contributed by atoms with Crippen LogP contribution in [0.25, 0.3) is 11.3 Å². The lowest BCUT2D eigenvalue weighted by Crippen LogP contribution is -2.48. The molecule has 3 aromatic rings. The number of fused-ring (bicyclic) bond motifs is 2. The molecule has 3 aliphatic rings. The molecule has 0 unspecified atom stereocenters. The molecule has 1 N–H and O–H groups in total. The van der Waals surface area contributed by atoms with E-state index in [1.165, 1.54) is 11.3 Å². The number of aromatic nitrogens is 3. The number of aryl methyl sites for hydroxylation is 1. The second-order valence-corrected chi connectivity index (χ2v) is 9.99. The smallest absolute Gasteiger partial charge is 0.227 e. The number of piperazine rings is 1. The Morgan fingerprint density at radius 1 is 1.08 bits per heavy atom. The third-order valence-electron chi connectivity index (χ3n) is 7.66. The SMILES string of the molecule is CCC(=O)N1C[C@@H]2C[C@H]1CN2c1ccc(Nc2nccc(-c3ccc(N4CCOCC4)nc3)n2)cc1C. The van der Waals surface area contributed by atoms with Crippen molar-refractivity contribution in [3.8, 4) is 11.3 Å². The van der Waals surface area contributed by atoms with Crippen LogP contribution in [0.5, 0.6) is 0 Å². The molecule has 9 nitrogen and oxygen atoms in total. The van der Waals surface area contributed by atoms with Crippen molar-refractivity contribution in [3.63, 3.8) is 0 Å². The van der Waals surface area contributed by atoms with Gasteiger partial charge in [0.25, 0.3) is 0 Å². The van der Waals surface area contributed by atoms with Gasteiger partial charge in [0.1, 0.15) is 5.82 Å². The third-order valence-corrected chi connectivity index (χ3v) is 7.66. The fourth-order valence-corrected chi connectivity index (χ4v) is 5.75. The molecule has 0 aliphatic carbocycles. The number of hydrogen-bond donors (Lipinski definition) is 1. The van der Waals surface area contributed by atoms with Gasteiger partial charge in [-0.3, -0.25) is 4.79 Å². The molecule has 1 amide bonds. The predicted molar refractivity (Wildman–Crippen MR) is 144 cm³/mol. The van der Waals surface area contributed by atoms with Crippen LogP contribution in [-0.4, -0.2) is 77.2 Å². The second kappa shape index (κ2) is 9.97. The van der Waals surface area contributed by atoms with Gasteiger partial charge in [-0.1, -0.05) is 6.92 Å². The van der Waals surface area contributed by atoms with Crippen LogP contribution in [0.1, 0.15) is 25.3 Å². The van der Waals surface area contributed by atoms with Gasteiger partial charge in [-0.15, -0.1) is 0 Å². The zero-order chi connectivity index (χ0) is 25.4. The minimum Gasteiger partial charge on any atom is -0.378 e. The van der Waals surface area contributed by atoms with Gasteiger partial charge < -0.3 is 24.8 Å². The van der Waals surface area contributed by atoms with E-state index in [2.05, 4.69) is 61.2 Å². The number of carbonyl (C=O) groups is 1. The van der Waals surface area contributed by atoms with Gasteiger partial charge in [-0.2, -0.15) is 0 Å². The van der Waals surface area contributed by atoms with E-state index in [4.69, 9.17) is 9.72 Å². The number of carbonyl (C=O) groups excluding carboxylic acids is 1. The molecular formula is C28H33N7O2. The third kappa shape index (κ3) is 4.71. The average Bonchev–Trinajstić information content (AvgIpc) is 3.55. The summed E-state index contributed by atoms with van der Waals surface area (Å²) in [7, 11) is 0. The number of benzene rings is 1. The Labute approximate surface area is 217 Å². The minimum atomic E-state index is 0.273. The van der Waals surface area contributed by atoms with Gasteiger partial charge in [-0.05, 0) is 55.3 Å². The molecule has 2 atom stereocenters. The fourth-order valence-electron chi connectivity index (χ4n) is 5.75. The summed E-state index contributed by atoms with van der Waals surface area (Å²) in [5, 5.41) is 3.36. The van der Waals surface area contributed by atoms with Crippen LogP contribution < -0.4 is 15.1 Å². The first-order valence-corrected chi connectivity index (χ1v) is 13.1. The monoisotopic (exact) mass is 499 g/mol. The van der Waals surface area contributed by atoms with E-state index in [0.29, 0.717) is 24.5 Å². The molecule has 0 radical (unpaired) electrons. The number of rotatable bonds is 6. The average molecular weight is 500 g/mol. The zero-order valence-electron chi connectivity index (χ0n) is 21.4. The number of morpholine rings is 1. The Kier molecular flexibility index (Phi) is 6.38. The zero-order valence-corrected chi connectivity index (χ0v) is 21.4. The van der Waals surface area contributed by atoms with Crippen LogP contribution in [0.2, 0.25) is 0 Å². The lowest BCUT2D eigenvalue weighted by Gasteiger charge is -2.36. The van der Waals surface area contributed by atoms with E-state index in [-0.39, 0.29) is 5.91 Å². The summed E-state index contributed by atoms with van der Waals surface area (Å²) < 4.78 is 5.43. The van der Waals surface area contributed by atoms with Gasteiger partial charge in [0.15, 0.2) is 0 Å². The fraction of sp³-hybridized carbons (Fsp3) is 0.429. The van der Waals surface area contributed by atoms with Crippen molar-refractivity contribution < 1.29 is 9.53 Å². The van der Waals surface area contributed by atoms with Crippen molar-refractivity contribution in [2.45, 2.75) is 38.8 Å². The maximum atomic E-state index is 12.2. The molecule has 0 saturated carbocycles. The molecule has 0 spiro atoms. The molecule has 3 fully saturated rings. The van der Waals surface area contributed by atoms with E-state index in [9.17, 15) is 4.79 Å². The molecule has 9 heteroatoms. The number of pyridine rings is 1. The number of nitrogens with one attached hydrogen (secondary N) is 1. The van der Waals surface area contributed by atoms with Gasteiger partial charge >= 0.3 is 0 Å². The number of ether oxygens (including phenoxy) is 1. The highest BCUT2D eigenvalue weighted by Crippen LogP contribution is 2.37. The van der Waals surface area contributed by atoms with Gasteiger partial charge in [0, 0.05) is 68.0 Å². The van der Waals surface area contributed by atoms with Gasteiger partial charge in [-0.25, -0.2) is 15.0 Å². The van der Waals surface area contributed by atoms with E-state index in [0.717, 1.165) is 68.6 Å². The summed E-state index contributed by atoms with van der Waals surface area (Å²) in [6.45, 7) is 9.03. The van der Waals surface area contributed by atoms with E-state index in [1.807, 2.05) is 25.3 Å². The number of likely N-dealkylation sites (tertiary alicyclic amines) is 1. The molecule has 192 valence electrons. The van der Waals surface area contributed by atoms with E-state index >= 15 is 0 Å². The molecule has 37 heavy (non-hydrogen) atoms. The highest BCUT2D eigenvalue weighted by atomic mass is 16.5. The summed E-state index contributed by atoms with van der Waals surface area (Å²) in [5.41, 5.74) is 5.17. The van der Waals surface area contributed by atoms with Crippen LogP contribution in [0, 0.1) is 6.92 Å². The quantitative estimate of drug-likeness (QED) is 0.550. The highest BCUT2D eigenvalue weighted by molar-refractivity contribution is 5.77. The summed E-state index contributed by atoms with van der Waals surface area (Å²) in [4.78, 5) is 32.8. The van der Waals surface area contributed by atoms with Gasteiger partial charge in [0.2, 0.25) is 11.9 Å². The molecule has 2 aromatic heterocycles. The Morgan fingerprint density at radius 3 is 2.65 bits per heavy atom. The second-order valence-electron chi connectivity index (χ2n) is 9.99. The Balaban J connectivity index is 1.13. The first kappa shape index (κ1) is 23.7. The molecule has 5 heterocycles. The highest BCUT2D eigenvalue weighted by Gasteiger charge is 2.45. The van der Waals surface area contributed by atoms with Crippen molar-refractivity contribution in [1.82, 2.24) is 19.9 Å². The van der Waals surface area contributed by atoms with E-state index in [1.54, 1.807) is 6.20 Å². The van der Waals surface area contributed by atoms with Crippen LogP contribution in [0.15, 0.2) is 48.8 Å². The van der Waals surface area contributed by atoms with Crippen LogP contribution >= 0.6 is 0 Å². The van der Waals surface area contributed by atoms with Crippen molar-refractivity contribution >= 4 is 29.0 Å². The van der Waals surface area contributed by atoms with E-state index < -0.39 is 0 Å². The van der Waals surface area contributed by atoms with Crippen LogP contribution in [-0.2, 0) is 9.53 Å². The van der Waals surface area contributed by atoms with Crippen molar-refractivity contribution in [2.24, 2.45) is 0 Å².